The molecule has 0 saturated carbocycles. The van der Waals surface area contributed by atoms with Crippen molar-refractivity contribution < 1.29 is 0 Å². The summed E-state index contributed by atoms with van der Waals surface area (Å²) in [5.74, 6) is 0. The van der Waals surface area contributed by atoms with Gasteiger partial charge < -0.3 is 10.6 Å². The van der Waals surface area contributed by atoms with Crippen molar-refractivity contribution in [3.63, 3.8) is 0 Å². The van der Waals surface area contributed by atoms with Gasteiger partial charge in [0, 0.05) is 22.7 Å². The molecule has 3 aromatic rings. The van der Waals surface area contributed by atoms with Crippen molar-refractivity contribution >= 4 is 22.7 Å². The first-order chi connectivity index (χ1) is 17.7. The monoisotopic (exact) mass is 484 g/mol. The van der Waals surface area contributed by atoms with E-state index in [0.29, 0.717) is 0 Å². The molecule has 0 radical (unpaired) electrons. The van der Waals surface area contributed by atoms with E-state index >= 15 is 0 Å². The molecule has 2 N–H and O–H groups in total. The molecule has 0 amide bonds. The van der Waals surface area contributed by atoms with Gasteiger partial charge in [0.1, 0.15) is 0 Å². The largest absolute Gasteiger partial charge is 0.399 e. The molecule has 0 bridgehead atoms. The zero-order valence-electron chi connectivity index (χ0n) is 22.9. The van der Waals surface area contributed by atoms with E-state index in [1.165, 1.54) is 99.6 Å². The third-order valence-electron chi connectivity index (χ3n) is 7.16. The molecule has 0 saturated heterocycles. The van der Waals surface area contributed by atoms with Gasteiger partial charge in [0.05, 0.1) is 0 Å². The van der Waals surface area contributed by atoms with Crippen LogP contribution in [-0.4, -0.2) is 0 Å². The Hall–Kier alpha value is -2.74. The summed E-state index contributed by atoms with van der Waals surface area (Å²) in [5, 5.41) is 0. The zero-order valence-corrected chi connectivity index (χ0v) is 22.9. The van der Waals surface area contributed by atoms with E-state index in [1.807, 2.05) is 12.1 Å². The SMILES string of the molecule is CCCCCCCCc1ccc(N(c2ccc(CCCCCCCC)cc2)c2cccc(N)c2)cc1. The molecule has 2 nitrogen and oxygen atoms in total. The maximum absolute atomic E-state index is 6.17. The molecule has 0 fully saturated rings. The Kier molecular flexibility index (Phi) is 12.4. The summed E-state index contributed by atoms with van der Waals surface area (Å²) < 4.78 is 0. The highest BCUT2D eigenvalue weighted by Gasteiger charge is 2.13. The summed E-state index contributed by atoms with van der Waals surface area (Å²) in [7, 11) is 0. The van der Waals surface area contributed by atoms with Crippen molar-refractivity contribution in [1.82, 2.24) is 0 Å². The smallest absolute Gasteiger partial charge is 0.0482 e. The van der Waals surface area contributed by atoms with Gasteiger partial charge in [-0.15, -0.1) is 0 Å². The normalized spacial score (nSPS) is 11.1. The Morgan fingerprint density at radius 2 is 0.944 bits per heavy atom. The zero-order chi connectivity index (χ0) is 25.4. The summed E-state index contributed by atoms with van der Waals surface area (Å²) in [4.78, 5) is 2.32. The summed E-state index contributed by atoms with van der Waals surface area (Å²) in [6, 6.07) is 26.5. The minimum absolute atomic E-state index is 0.789. The van der Waals surface area contributed by atoms with E-state index in [4.69, 9.17) is 5.73 Å². The van der Waals surface area contributed by atoms with Crippen LogP contribution in [0.5, 0.6) is 0 Å². The number of benzene rings is 3. The Morgan fingerprint density at radius 3 is 1.39 bits per heavy atom. The molecule has 0 aliphatic heterocycles. The van der Waals surface area contributed by atoms with Gasteiger partial charge in [-0.25, -0.2) is 0 Å². The summed E-state index contributed by atoms with van der Waals surface area (Å²) in [6.45, 7) is 4.55. The second-order valence-electron chi connectivity index (χ2n) is 10.3. The molecule has 3 aromatic carbocycles. The lowest BCUT2D eigenvalue weighted by Crippen LogP contribution is -2.10. The van der Waals surface area contributed by atoms with E-state index in [1.54, 1.807) is 0 Å². The van der Waals surface area contributed by atoms with Gasteiger partial charge in [-0.2, -0.15) is 0 Å². The summed E-state index contributed by atoms with van der Waals surface area (Å²) in [6.07, 6.45) is 18.4. The highest BCUT2D eigenvalue weighted by Crippen LogP contribution is 2.35. The predicted octanol–water partition coefficient (Wildman–Crippen LogP) is 10.5. The van der Waals surface area contributed by atoms with Crippen molar-refractivity contribution in [3.8, 4) is 0 Å². The topological polar surface area (TPSA) is 29.3 Å². The van der Waals surface area contributed by atoms with Crippen molar-refractivity contribution in [2.45, 2.75) is 104 Å². The lowest BCUT2D eigenvalue weighted by atomic mass is 10.0. The number of nitrogens with two attached hydrogens (primary N) is 1. The minimum atomic E-state index is 0.789. The number of unbranched alkanes of at least 4 members (excludes halogenated alkanes) is 10. The fourth-order valence-corrected chi connectivity index (χ4v) is 4.95. The highest BCUT2D eigenvalue weighted by atomic mass is 15.1. The number of hydrogen-bond acceptors (Lipinski definition) is 2. The van der Waals surface area contributed by atoms with Crippen LogP contribution in [0.15, 0.2) is 72.8 Å². The predicted molar refractivity (Wildman–Crippen MR) is 160 cm³/mol. The fourth-order valence-electron chi connectivity index (χ4n) is 4.95. The quantitative estimate of drug-likeness (QED) is 0.152. The average molecular weight is 485 g/mol. The van der Waals surface area contributed by atoms with Gasteiger partial charge in [-0.3, -0.25) is 0 Å². The van der Waals surface area contributed by atoms with E-state index in [2.05, 4.69) is 79.4 Å². The number of aryl methyl sites for hydroxylation is 2. The molecule has 0 aliphatic rings. The van der Waals surface area contributed by atoms with Crippen LogP contribution in [0, 0.1) is 0 Å². The van der Waals surface area contributed by atoms with Gasteiger partial charge in [0.2, 0.25) is 0 Å². The van der Waals surface area contributed by atoms with Crippen LogP contribution in [0.1, 0.15) is 102 Å². The number of anilines is 4. The van der Waals surface area contributed by atoms with Crippen LogP contribution in [0.25, 0.3) is 0 Å². The molecule has 0 heterocycles. The summed E-state index contributed by atoms with van der Waals surface area (Å²) >= 11 is 0. The Bertz CT molecular complexity index is 915. The standard InChI is InChI=1S/C34H48N2/c1-3-5-7-9-11-13-16-29-20-24-32(25-21-29)36(34-19-15-18-31(35)28-34)33-26-22-30(23-27-33)17-14-12-10-8-6-4-2/h15,18-28H,3-14,16-17,35H2,1-2H3. The third kappa shape index (κ3) is 9.37. The molecule has 0 unspecified atom stereocenters. The molecule has 0 atom stereocenters. The van der Waals surface area contributed by atoms with E-state index < -0.39 is 0 Å². The second kappa shape index (κ2) is 16.1. The molecule has 3 rings (SSSR count). The van der Waals surface area contributed by atoms with Crippen LogP contribution >= 0.6 is 0 Å². The fraction of sp³-hybridized carbons (Fsp3) is 0.471. The van der Waals surface area contributed by atoms with Gasteiger partial charge in [0.15, 0.2) is 0 Å². The maximum atomic E-state index is 6.17. The molecule has 194 valence electrons. The lowest BCUT2D eigenvalue weighted by Gasteiger charge is -2.26. The van der Waals surface area contributed by atoms with Gasteiger partial charge in [-0.05, 0) is 79.3 Å². The van der Waals surface area contributed by atoms with Crippen LogP contribution in [-0.2, 0) is 12.8 Å². The van der Waals surface area contributed by atoms with E-state index in [-0.39, 0.29) is 0 Å². The van der Waals surface area contributed by atoms with E-state index in [0.717, 1.165) is 24.2 Å². The molecular formula is C34H48N2. The van der Waals surface area contributed by atoms with Crippen LogP contribution in [0.2, 0.25) is 0 Å². The molecular weight excluding hydrogens is 436 g/mol. The highest BCUT2D eigenvalue weighted by molar-refractivity contribution is 5.78. The van der Waals surface area contributed by atoms with Gasteiger partial charge in [-0.1, -0.05) is 108 Å². The number of hydrogen-bond donors (Lipinski definition) is 1. The molecule has 2 heteroatoms. The van der Waals surface area contributed by atoms with Crippen molar-refractivity contribution in [2.24, 2.45) is 0 Å². The van der Waals surface area contributed by atoms with Crippen LogP contribution in [0.4, 0.5) is 22.7 Å². The van der Waals surface area contributed by atoms with Crippen molar-refractivity contribution in [2.75, 3.05) is 10.6 Å². The van der Waals surface area contributed by atoms with Crippen LogP contribution < -0.4 is 10.6 Å². The lowest BCUT2D eigenvalue weighted by molar-refractivity contribution is 0.607. The van der Waals surface area contributed by atoms with Gasteiger partial charge >= 0.3 is 0 Å². The minimum Gasteiger partial charge on any atom is -0.399 e. The van der Waals surface area contributed by atoms with Crippen LogP contribution in [0.3, 0.4) is 0 Å². The Labute approximate surface area is 220 Å². The van der Waals surface area contributed by atoms with Gasteiger partial charge in [0.25, 0.3) is 0 Å². The molecule has 0 aliphatic carbocycles. The first-order valence-corrected chi connectivity index (χ1v) is 14.5. The Balaban J connectivity index is 1.66. The van der Waals surface area contributed by atoms with Crippen molar-refractivity contribution in [3.05, 3.63) is 83.9 Å². The summed E-state index contributed by atoms with van der Waals surface area (Å²) in [5.41, 5.74) is 13.3. The number of nitrogen functional groups attached to an aromatic ring is 1. The molecule has 0 aromatic heterocycles. The Morgan fingerprint density at radius 1 is 0.500 bits per heavy atom. The van der Waals surface area contributed by atoms with Crippen molar-refractivity contribution in [1.29, 1.82) is 0 Å². The first-order valence-electron chi connectivity index (χ1n) is 14.5. The number of rotatable bonds is 17. The van der Waals surface area contributed by atoms with E-state index in [9.17, 15) is 0 Å². The second-order valence-corrected chi connectivity index (χ2v) is 10.3. The maximum Gasteiger partial charge on any atom is 0.0482 e. The average Bonchev–Trinajstić information content (AvgIpc) is 2.90. The molecule has 36 heavy (non-hydrogen) atoms. The number of nitrogens with zero attached hydrogens (tertiary/aromatic N) is 1. The first kappa shape index (κ1) is 27.8. The third-order valence-corrected chi connectivity index (χ3v) is 7.16. The molecule has 0 spiro atoms.